The van der Waals surface area contributed by atoms with Crippen molar-refractivity contribution in [3.8, 4) is 28.8 Å². The van der Waals surface area contributed by atoms with Gasteiger partial charge in [0.05, 0.1) is 37.1 Å². The Balaban J connectivity index is 1.63. The van der Waals surface area contributed by atoms with Gasteiger partial charge in [-0.15, -0.1) is 0 Å². The lowest BCUT2D eigenvalue weighted by Gasteiger charge is -2.19. The molecule has 1 aromatic heterocycles. The Bertz CT molecular complexity index is 1450. The number of aromatic nitrogens is 1. The monoisotopic (exact) mass is 481 g/mol. The van der Waals surface area contributed by atoms with Crippen LogP contribution < -0.4 is 14.4 Å². The average Bonchev–Trinajstić information content (AvgIpc) is 2.93. The molecule has 36 heavy (non-hydrogen) atoms. The second-order valence-electron chi connectivity index (χ2n) is 7.69. The second-order valence-corrected chi connectivity index (χ2v) is 7.69. The molecule has 4 aromatic rings. The number of anilines is 1. The lowest BCUT2D eigenvalue weighted by Crippen LogP contribution is -2.35. The zero-order valence-corrected chi connectivity index (χ0v) is 19.8. The number of ether oxygens (including phenoxy) is 3. The van der Waals surface area contributed by atoms with Gasteiger partial charge in [0, 0.05) is 16.6 Å². The van der Waals surface area contributed by atoms with Crippen LogP contribution in [-0.4, -0.2) is 44.2 Å². The van der Waals surface area contributed by atoms with Crippen LogP contribution in [0.25, 0.3) is 22.2 Å². The normalized spacial score (nSPS) is 10.4. The lowest BCUT2D eigenvalue weighted by atomic mass is 10.0. The van der Waals surface area contributed by atoms with Crippen LogP contribution in [0.4, 0.5) is 5.69 Å². The average molecular weight is 482 g/mol. The fourth-order valence-corrected chi connectivity index (χ4v) is 3.77. The number of fused-ring (bicyclic) bond motifs is 1. The molecular formula is C28H23N3O5. The number of hydrogen-bond acceptors (Lipinski definition) is 7. The van der Waals surface area contributed by atoms with E-state index in [-0.39, 0.29) is 12.1 Å². The van der Waals surface area contributed by atoms with Gasteiger partial charge in [0.25, 0.3) is 5.91 Å². The number of amides is 1. The van der Waals surface area contributed by atoms with Crippen LogP contribution in [0.5, 0.6) is 11.5 Å². The molecule has 1 amide bonds. The van der Waals surface area contributed by atoms with Crippen molar-refractivity contribution in [2.75, 3.05) is 32.3 Å². The molecule has 0 atom stereocenters. The summed E-state index contributed by atoms with van der Waals surface area (Å²) in [6.45, 7) is -0.681. The first-order valence-electron chi connectivity index (χ1n) is 11.1. The van der Waals surface area contributed by atoms with Gasteiger partial charge in [-0.1, -0.05) is 36.4 Å². The van der Waals surface area contributed by atoms with E-state index < -0.39 is 18.5 Å². The summed E-state index contributed by atoms with van der Waals surface area (Å²) < 4.78 is 16.1. The molecule has 0 aliphatic heterocycles. The van der Waals surface area contributed by atoms with E-state index in [1.54, 1.807) is 74.9 Å². The first kappa shape index (κ1) is 24.2. The van der Waals surface area contributed by atoms with Crippen molar-refractivity contribution in [3.05, 3.63) is 84.4 Å². The van der Waals surface area contributed by atoms with Crippen molar-refractivity contribution in [2.24, 2.45) is 0 Å². The predicted molar refractivity (Wildman–Crippen MR) is 135 cm³/mol. The van der Waals surface area contributed by atoms with Gasteiger partial charge in [0.2, 0.25) is 0 Å². The number of nitrogens with zero attached hydrogens (tertiary/aromatic N) is 3. The van der Waals surface area contributed by atoms with Crippen LogP contribution in [0.1, 0.15) is 10.4 Å². The highest BCUT2D eigenvalue weighted by molar-refractivity contribution is 6.05. The van der Waals surface area contributed by atoms with Crippen LogP contribution >= 0.6 is 0 Å². The van der Waals surface area contributed by atoms with Gasteiger partial charge in [-0.05, 0) is 42.5 Å². The van der Waals surface area contributed by atoms with E-state index in [4.69, 9.17) is 24.5 Å². The van der Waals surface area contributed by atoms with Gasteiger partial charge in [-0.25, -0.2) is 9.78 Å². The van der Waals surface area contributed by atoms with E-state index in [0.29, 0.717) is 39.3 Å². The minimum absolute atomic E-state index is 0.165. The SMILES string of the molecule is COc1ccc(-c2cc(C(=O)OCC(=O)N(CC#N)c3ccccc3)c3ccccc3n2)cc1OC. The zero-order chi connectivity index (χ0) is 25.5. The molecule has 0 radical (unpaired) electrons. The second kappa shape index (κ2) is 11.0. The summed E-state index contributed by atoms with van der Waals surface area (Å²) in [5, 5.41) is 9.75. The number of esters is 1. The molecule has 0 spiro atoms. The molecule has 3 aromatic carbocycles. The lowest BCUT2D eigenvalue weighted by molar-refractivity contribution is -0.121. The minimum Gasteiger partial charge on any atom is -0.493 e. The number of para-hydroxylation sites is 2. The highest BCUT2D eigenvalue weighted by Gasteiger charge is 2.20. The molecular weight excluding hydrogens is 458 g/mol. The fourth-order valence-electron chi connectivity index (χ4n) is 3.77. The Morgan fingerprint density at radius 3 is 2.36 bits per heavy atom. The fraction of sp³-hybridized carbons (Fsp3) is 0.143. The van der Waals surface area contributed by atoms with E-state index >= 15 is 0 Å². The van der Waals surface area contributed by atoms with Crippen LogP contribution in [-0.2, 0) is 9.53 Å². The van der Waals surface area contributed by atoms with Crippen LogP contribution in [0.2, 0.25) is 0 Å². The summed E-state index contributed by atoms with van der Waals surface area (Å²) in [4.78, 5) is 31.9. The predicted octanol–water partition coefficient (Wildman–Crippen LogP) is 4.63. The topological polar surface area (TPSA) is 102 Å². The van der Waals surface area contributed by atoms with E-state index in [1.165, 1.54) is 4.90 Å². The third-order valence-electron chi connectivity index (χ3n) is 5.54. The molecule has 0 unspecified atom stereocenters. The van der Waals surface area contributed by atoms with Gasteiger partial charge < -0.3 is 14.2 Å². The molecule has 0 aliphatic rings. The molecule has 0 aliphatic carbocycles. The van der Waals surface area contributed by atoms with Gasteiger partial charge in [0.1, 0.15) is 6.54 Å². The maximum Gasteiger partial charge on any atom is 0.339 e. The first-order chi connectivity index (χ1) is 17.5. The smallest absolute Gasteiger partial charge is 0.339 e. The standard InChI is InChI=1S/C28H23N3O5/c1-34-25-13-12-19(16-26(25)35-2)24-17-22(21-10-6-7-11-23(21)30-24)28(33)36-18-27(32)31(15-14-29)20-8-4-3-5-9-20/h3-13,16-17H,15,18H2,1-2H3. The zero-order valence-electron chi connectivity index (χ0n) is 19.8. The van der Waals surface area contributed by atoms with Crippen LogP contribution in [0, 0.1) is 11.3 Å². The molecule has 0 N–H and O–H groups in total. The number of rotatable bonds is 8. The van der Waals surface area contributed by atoms with Crippen molar-refractivity contribution in [1.29, 1.82) is 5.26 Å². The molecule has 1 heterocycles. The summed E-state index contributed by atoms with van der Waals surface area (Å²) in [6, 6.07) is 24.9. The molecule has 4 rings (SSSR count). The van der Waals surface area contributed by atoms with Crippen LogP contribution in [0.15, 0.2) is 78.9 Å². The molecule has 0 saturated heterocycles. The summed E-state index contributed by atoms with van der Waals surface area (Å²) in [5.41, 5.74) is 2.66. The number of pyridine rings is 1. The maximum atomic E-state index is 13.2. The quantitative estimate of drug-likeness (QED) is 0.267. The third-order valence-corrected chi connectivity index (χ3v) is 5.54. The van der Waals surface area contributed by atoms with E-state index in [0.717, 1.165) is 0 Å². The van der Waals surface area contributed by atoms with Crippen molar-refractivity contribution in [1.82, 2.24) is 4.98 Å². The highest BCUT2D eigenvalue weighted by atomic mass is 16.5. The molecule has 0 saturated carbocycles. The van der Waals surface area contributed by atoms with Crippen molar-refractivity contribution in [3.63, 3.8) is 0 Å². The van der Waals surface area contributed by atoms with Crippen molar-refractivity contribution < 1.29 is 23.8 Å². The summed E-state index contributed by atoms with van der Waals surface area (Å²) in [6.07, 6.45) is 0. The summed E-state index contributed by atoms with van der Waals surface area (Å²) >= 11 is 0. The first-order valence-corrected chi connectivity index (χ1v) is 11.1. The number of methoxy groups -OCH3 is 2. The van der Waals surface area contributed by atoms with E-state index in [2.05, 4.69) is 0 Å². The van der Waals surface area contributed by atoms with Gasteiger partial charge in [-0.3, -0.25) is 9.69 Å². The Morgan fingerprint density at radius 2 is 1.64 bits per heavy atom. The van der Waals surface area contributed by atoms with Gasteiger partial charge in [-0.2, -0.15) is 5.26 Å². The van der Waals surface area contributed by atoms with Gasteiger partial charge >= 0.3 is 5.97 Å². The Morgan fingerprint density at radius 1 is 0.917 bits per heavy atom. The van der Waals surface area contributed by atoms with E-state index in [9.17, 15) is 9.59 Å². The van der Waals surface area contributed by atoms with E-state index in [1.807, 2.05) is 24.3 Å². The highest BCUT2D eigenvalue weighted by Crippen LogP contribution is 2.33. The molecule has 180 valence electrons. The summed E-state index contributed by atoms with van der Waals surface area (Å²) in [7, 11) is 3.09. The van der Waals surface area contributed by atoms with Crippen LogP contribution in [0.3, 0.4) is 0 Å². The number of benzene rings is 3. The Kier molecular flexibility index (Phi) is 7.42. The number of hydrogen-bond donors (Lipinski definition) is 0. The number of nitriles is 1. The van der Waals surface area contributed by atoms with Crippen molar-refractivity contribution in [2.45, 2.75) is 0 Å². The molecule has 0 fully saturated rings. The van der Waals surface area contributed by atoms with Gasteiger partial charge in [0.15, 0.2) is 18.1 Å². The minimum atomic E-state index is -0.673. The number of carbonyl (C=O) groups is 2. The number of carbonyl (C=O) groups excluding carboxylic acids is 2. The third kappa shape index (κ3) is 5.10. The maximum absolute atomic E-state index is 13.2. The Hall–Kier alpha value is -4.90. The Labute approximate surface area is 208 Å². The summed E-state index contributed by atoms with van der Waals surface area (Å²) in [5.74, 6) is -0.0816. The molecule has 8 heteroatoms. The largest absolute Gasteiger partial charge is 0.493 e. The van der Waals surface area contributed by atoms with Crippen molar-refractivity contribution >= 4 is 28.5 Å². The molecule has 8 nitrogen and oxygen atoms in total. The molecule has 0 bridgehead atoms.